The van der Waals surface area contributed by atoms with Gasteiger partial charge in [0.25, 0.3) is 0 Å². The Hall–Kier alpha value is -0.910. The number of nitrogens with one attached hydrogen (secondary N) is 1. The fraction of sp³-hybridized carbons (Fsp3) is 0.778. The maximum Gasteiger partial charge on any atom is 0.317 e. The Morgan fingerprint density at radius 2 is 2.47 bits per heavy atom. The molecule has 1 unspecified atom stereocenters. The number of hydrogen-bond acceptors (Lipinski definition) is 3. The summed E-state index contributed by atoms with van der Waals surface area (Å²) in [5.41, 5.74) is 0. The standard InChI is InChI=1S/C9H16N2O3S/c1-7(6-8(12)13)15-5-4-11-3-2-10-9(11)14/h7H,2-6H2,1H3,(H,10,14)(H,12,13). The van der Waals surface area contributed by atoms with Crippen molar-refractivity contribution in [3.63, 3.8) is 0 Å². The van der Waals surface area contributed by atoms with Gasteiger partial charge >= 0.3 is 12.0 Å². The smallest absolute Gasteiger partial charge is 0.317 e. The van der Waals surface area contributed by atoms with Gasteiger partial charge in [-0.1, -0.05) is 6.92 Å². The van der Waals surface area contributed by atoms with E-state index in [1.807, 2.05) is 6.92 Å². The van der Waals surface area contributed by atoms with E-state index >= 15 is 0 Å². The fourth-order valence-electron chi connectivity index (χ4n) is 1.39. The molecular weight excluding hydrogens is 216 g/mol. The first-order chi connectivity index (χ1) is 7.09. The van der Waals surface area contributed by atoms with Gasteiger partial charge in [-0.3, -0.25) is 4.79 Å². The summed E-state index contributed by atoms with van der Waals surface area (Å²) in [6, 6.07) is -0.0125. The van der Waals surface area contributed by atoms with Crippen LogP contribution < -0.4 is 5.32 Å². The number of carboxylic acid groups (broad SMARTS) is 1. The zero-order valence-corrected chi connectivity index (χ0v) is 9.55. The zero-order valence-electron chi connectivity index (χ0n) is 8.73. The van der Waals surface area contributed by atoms with Crippen LogP contribution in [0.15, 0.2) is 0 Å². The van der Waals surface area contributed by atoms with E-state index in [9.17, 15) is 9.59 Å². The molecular formula is C9H16N2O3S. The molecule has 0 aromatic carbocycles. The minimum atomic E-state index is -0.770. The van der Waals surface area contributed by atoms with Crippen molar-refractivity contribution in [2.75, 3.05) is 25.4 Å². The number of thioether (sulfide) groups is 1. The van der Waals surface area contributed by atoms with Gasteiger partial charge in [0.15, 0.2) is 0 Å². The van der Waals surface area contributed by atoms with Crippen LogP contribution in [0.1, 0.15) is 13.3 Å². The minimum Gasteiger partial charge on any atom is -0.481 e. The van der Waals surface area contributed by atoms with Crippen molar-refractivity contribution in [3.05, 3.63) is 0 Å². The van der Waals surface area contributed by atoms with Crippen LogP contribution in [0.5, 0.6) is 0 Å². The molecule has 0 bridgehead atoms. The Morgan fingerprint density at radius 1 is 1.73 bits per heavy atom. The second-order valence-electron chi connectivity index (χ2n) is 3.50. The molecule has 1 rings (SSSR count). The SMILES string of the molecule is CC(CC(=O)O)SCCN1CCNC1=O. The van der Waals surface area contributed by atoms with Gasteiger partial charge < -0.3 is 15.3 Å². The van der Waals surface area contributed by atoms with E-state index in [4.69, 9.17) is 5.11 Å². The molecule has 0 spiro atoms. The summed E-state index contributed by atoms with van der Waals surface area (Å²) in [5.74, 6) is 0.0240. The maximum absolute atomic E-state index is 11.1. The van der Waals surface area contributed by atoms with Crippen LogP contribution in [0.3, 0.4) is 0 Å². The monoisotopic (exact) mass is 232 g/mol. The van der Waals surface area contributed by atoms with Gasteiger partial charge in [0.2, 0.25) is 0 Å². The van der Waals surface area contributed by atoms with Crippen LogP contribution in [0, 0.1) is 0 Å². The normalized spacial score (nSPS) is 17.7. The molecule has 1 saturated heterocycles. The molecule has 0 aliphatic carbocycles. The lowest BCUT2D eigenvalue weighted by molar-refractivity contribution is -0.136. The fourth-order valence-corrected chi connectivity index (χ4v) is 2.38. The molecule has 2 N–H and O–H groups in total. The van der Waals surface area contributed by atoms with Gasteiger partial charge in [-0.25, -0.2) is 4.79 Å². The number of carbonyl (C=O) groups excluding carboxylic acids is 1. The van der Waals surface area contributed by atoms with Gasteiger partial charge in [-0.15, -0.1) is 0 Å². The third-order valence-corrected chi connectivity index (χ3v) is 3.32. The molecule has 1 aliphatic rings. The number of amides is 2. The number of rotatable bonds is 6. The van der Waals surface area contributed by atoms with Gasteiger partial charge in [0.1, 0.15) is 0 Å². The summed E-state index contributed by atoms with van der Waals surface area (Å²) >= 11 is 1.59. The Balaban J connectivity index is 2.10. The Labute approximate surface area is 93.2 Å². The number of hydrogen-bond donors (Lipinski definition) is 2. The first-order valence-electron chi connectivity index (χ1n) is 4.96. The molecule has 2 amide bonds. The quantitative estimate of drug-likeness (QED) is 0.704. The molecule has 0 radical (unpaired) electrons. The minimum absolute atomic E-state index is 0.0125. The highest BCUT2D eigenvalue weighted by molar-refractivity contribution is 7.99. The average Bonchev–Trinajstić information content (AvgIpc) is 2.50. The molecule has 15 heavy (non-hydrogen) atoms. The lowest BCUT2D eigenvalue weighted by atomic mass is 10.3. The molecule has 1 heterocycles. The van der Waals surface area contributed by atoms with Crippen molar-refractivity contribution in [1.29, 1.82) is 0 Å². The van der Waals surface area contributed by atoms with E-state index in [1.165, 1.54) is 0 Å². The number of carboxylic acids is 1. The molecule has 6 heteroatoms. The third-order valence-electron chi connectivity index (χ3n) is 2.17. The number of nitrogens with zero attached hydrogens (tertiary/aromatic N) is 1. The molecule has 1 atom stereocenters. The summed E-state index contributed by atoms with van der Waals surface area (Å²) in [5, 5.41) is 11.4. The zero-order chi connectivity index (χ0) is 11.3. The molecule has 0 saturated carbocycles. The van der Waals surface area contributed by atoms with E-state index in [0.29, 0.717) is 13.1 Å². The van der Waals surface area contributed by atoms with Crippen molar-refractivity contribution >= 4 is 23.8 Å². The molecule has 0 aromatic rings. The largest absolute Gasteiger partial charge is 0.481 e. The second kappa shape index (κ2) is 5.85. The number of aliphatic carboxylic acids is 1. The van der Waals surface area contributed by atoms with Crippen molar-refractivity contribution in [2.24, 2.45) is 0 Å². The van der Waals surface area contributed by atoms with Crippen molar-refractivity contribution in [2.45, 2.75) is 18.6 Å². The van der Waals surface area contributed by atoms with Crippen molar-refractivity contribution < 1.29 is 14.7 Å². The molecule has 86 valence electrons. The lowest BCUT2D eigenvalue weighted by Crippen LogP contribution is -2.30. The predicted octanol–water partition coefficient (Wildman–Crippen LogP) is 0.608. The van der Waals surface area contributed by atoms with Crippen LogP contribution in [-0.4, -0.2) is 52.6 Å². The highest BCUT2D eigenvalue weighted by Gasteiger charge is 2.18. The summed E-state index contributed by atoms with van der Waals surface area (Å²) in [6.07, 6.45) is 0.177. The summed E-state index contributed by atoms with van der Waals surface area (Å²) < 4.78 is 0. The van der Waals surface area contributed by atoms with Crippen LogP contribution in [-0.2, 0) is 4.79 Å². The highest BCUT2D eigenvalue weighted by atomic mass is 32.2. The van der Waals surface area contributed by atoms with E-state index in [-0.39, 0.29) is 17.7 Å². The number of carbonyl (C=O) groups is 2. The predicted molar refractivity (Wildman–Crippen MR) is 59.1 cm³/mol. The van der Waals surface area contributed by atoms with E-state index in [2.05, 4.69) is 5.32 Å². The third kappa shape index (κ3) is 4.42. The van der Waals surface area contributed by atoms with Crippen molar-refractivity contribution in [1.82, 2.24) is 10.2 Å². The van der Waals surface area contributed by atoms with E-state index in [0.717, 1.165) is 12.3 Å². The second-order valence-corrected chi connectivity index (χ2v) is 5.04. The van der Waals surface area contributed by atoms with Crippen LogP contribution in [0.2, 0.25) is 0 Å². The molecule has 5 nitrogen and oxygen atoms in total. The molecule has 1 aliphatic heterocycles. The maximum atomic E-state index is 11.1. The molecule has 0 aromatic heterocycles. The first-order valence-corrected chi connectivity index (χ1v) is 6.00. The summed E-state index contributed by atoms with van der Waals surface area (Å²) in [4.78, 5) is 23.3. The Kier molecular flexibility index (Phi) is 4.74. The van der Waals surface area contributed by atoms with Gasteiger partial charge in [-0.05, 0) is 0 Å². The lowest BCUT2D eigenvalue weighted by Gasteiger charge is -2.15. The number of urea groups is 1. The average molecular weight is 232 g/mol. The van der Waals surface area contributed by atoms with Crippen molar-refractivity contribution in [3.8, 4) is 0 Å². The van der Waals surface area contributed by atoms with Gasteiger partial charge in [0, 0.05) is 30.6 Å². The van der Waals surface area contributed by atoms with Crippen LogP contribution in [0.25, 0.3) is 0 Å². The summed E-state index contributed by atoms with van der Waals surface area (Å²) in [6.45, 7) is 4.06. The summed E-state index contributed by atoms with van der Waals surface area (Å²) in [7, 11) is 0. The van der Waals surface area contributed by atoms with E-state index < -0.39 is 5.97 Å². The van der Waals surface area contributed by atoms with Crippen LogP contribution >= 0.6 is 11.8 Å². The van der Waals surface area contributed by atoms with Crippen LogP contribution in [0.4, 0.5) is 4.79 Å². The Bertz CT molecular complexity index is 248. The van der Waals surface area contributed by atoms with E-state index in [1.54, 1.807) is 16.7 Å². The van der Waals surface area contributed by atoms with Gasteiger partial charge in [-0.2, -0.15) is 11.8 Å². The Morgan fingerprint density at radius 3 is 3.00 bits per heavy atom. The van der Waals surface area contributed by atoms with Gasteiger partial charge in [0.05, 0.1) is 6.42 Å². The highest BCUT2D eigenvalue weighted by Crippen LogP contribution is 2.14. The topological polar surface area (TPSA) is 69.6 Å². The first kappa shape index (κ1) is 12.2. The molecule has 1 fully saturated rings.